The van der Waals surface area contributed by atoms with Crippen LogP contribution in [0, 0.1) is 11.3 Å². The van der Waals surface area contributed by atoms with E-state index >= 15 is 0 Å². The molecule has 1 N–H and O–H groups in total. The maximum atomic E-state index is 12.6. The monoisotopic (exact) mass is 404 g/mol. The summed E-state index contributed by atoms with van der Waals surface area (Å²) in [7, 11) is -3.56. The second kappa shape index (κ2) is 8.75. The third kappa shape index (κ3) is 5.01. The standard InChI is InChI=1S/C20H21ClN2O3S/c21-19-8-5-9-20(18(19)14-22)26-16-10-12-17(13-11-16)27(24,25)23-15-6-3-1-2-4-7-15/h5,8-13,15,23H,1-4,6-7H2. The van der Waals surface area contributed by atoms with Crippen molar-refractivity contribution < 1.29 is 13.2 Å². The van der Waals surface area contributed by atoms with Crippen molar-refractivity contribution in [1.29, 1.82) is 5.26 Å². The minimum absolute atomic E-state index is 0.00178. The fourth-order valence-electron chi connectivity index (χ4n) is 3.20. The molecule has 1 aliphatic rings. The number of halogens is 1. The maximum absolute atomic E-state index is 12.6. The van der Waals surface area contributed by atoms with Crippen molar-refractivity contribution in [3.63, 3.8) is 0 Å². The molecule has 1 saturated carbocycles. The number of nitriles is 1. The van der Waals surface area contributed by atoms with Crippen LogP contribution in [0.3, 0.4) is 0 Å². The number of hydrogen-bond donors (Lipinski definition) is 1. The summed E-state index contributed by atoms with van der Waals surface area (Å²) < 4.78 is 33.7. The molecule has 2 aromatic rings. The van der Waals surface area contributed by atoms with Crippen LogP contribution in [0.5, 0.6) is 11.5 Å². The maximum Gasteiger partial charge on any atom is 0.240 e. The molecule has 27 heavy (non-hydrogen) atoms. The molecule has 1 fully saturated rings. The molecule has 0 spiro atoms. The molecule has 7 heteroatoms. The normalized spacial score (nSPS) is 15.7. The van der Waals surface area contributed by atoms with Crippen molar-refractivity contribution in [3.05, 3.63) is 53.1 Å². The van der Waals surface area contributed by atoms with E-state index in [-0.39, 0.29) is 16.5 Å². The van der Waals surface area contributed by atoms with Gasteiger partial charge < -0.3 is 4.74 Å². The summed E-state index contributed by atoms with van der Waals surface area (Å²) in [6.07, 6.45) is 6.21. The largest absolute Gasteiger partial charge is 0.456 e. The first-order chi connectivity index (χ1) is 13.0. The van der Waals surface area contributed by atoms with Gasteiger partial charge in [-0.2, -0.15) is 5.26 Å². The third-order valence-electron chi connectivity index (χ3n) is 4.63. The van der Waals surface area contributed by atoms with Gasteiger partial charge in [-0.3, -0.25) is 0 Å². The Morgan fingerprint density at radius 1 is 1.04 bits per heavy atom. The molecule has 0 saturated heterocycles. The highest BCUT2D eigenvalue weighted by Crippen LogP contribution is 2.30. The van der Waals surface area contributed by atoms with Crippen LogP contribution in [0.25, 0.3) is 0 Å². The molecule has 0 amide bonds. The first kappa shape index (κ1) is 19.7. The molecule has 0 bridgehead atoms. The minimum Gasteiger partial charge on any atom is -0.456 e. The first-order valence-corrected chi connectivity index (χ1v) is 10.8. The van der Waals surface area contributed by atoms with Gasteiger partial charge in [0.15, 0.2) is 0 Å². The molecule has 3 rings (SSSR count). The van der Waals surface area contributed by atoms with E-state index in [1.165, 1.54) is 25.0 Å². The number of hydrogen-bond acceptors (Lipinski definition) is 4. The van der Waals surface area contributed by atoms with Gasteiger partial charge in [-0.05, 0) is 49.2 Å². The zero-order valence-corrected chi connectivity index (χ0v) is 16.4. The first-order valence-electron chi connectivity index (χ1n) is 8.98. The zero-order chi connectivity index (χ0) is 19.3. The zero-order valence-electron chi connectivity index (χ0n) is 14.8. The van der Waals surface area contributed by atoms with Gasteiger partial charge in [-0.1, -0.05) is 43.4 Å². The summed E-state index contributed by atoms with van der Waals surface area (Å²) in [6.45, 7) is 0. The van der Waals surface area contributed by atoms with Crippen LogP contribution in [-0.2, 0) is 10.0 Å². The number of rotatable bonds is 5. The lowest BCUT2D eigenvalue weighted by atomic mass is 10.1. The highest BCUT2D eigenvalue weighted by atomic mass is 35.5. The van der Waals surface area contributed by atoms with Gasteiger partial charge in [0.05, 0.1) is 9.92 Å². The number of nitrogens with one attached hydrogen (secondary N) is 1. The molecule has 5 nitrogen and oxygen atoms in total. The summed E-state index contributed by atoms with van der Waals surface area (Å²) in [5, 5.41) is 9.51. The minimum atomic E-state index is -3.56. The van der Waals surface area contributed by atoms with Gasteiger partial charge in [0.2, 0.25) is 10.0 Å². The second-order valence-electron chi connectivity index (χ2n) is 6.61. The summed E-state index contributed by atoms with van der Waals surface area (Å²) in [6, 6.07) is 13.1. The van der Waals surface area contributed by atoms with Crippen LogP contribution >= 0.6 is 11.6 Å². The Bertz CT molecular complexity index is 929. The van der Waals surface area contributed by atoms with Gasteiger partial charge in [-0.15, -0.1) is 0 Å². The molecule has 142 valence electrons. The van der Waals surface area contributed by atoms with Crippen molar-refractivity contribution in [3.8, 4) is 17.6 Å². The molecular weight excluding hydrogens is 384 g/mol. The van der Waals surface area contributed by atoms with E-state index in [1.54, 1.807) is 30.3 Å². The van der Waals surface area contributed by atoms with Crippen LogP contribution < -0.4 is 9.46 Å². The van der Waals surface area contributed by atoms with Crippen LogP contribution in [-0.4, -0.2) is 14.5 Å². The molecule has 0 unspecified atom stereocenters. The summed E-state index contributed by atoms with van der Waals surface area (Å²) in [4.78, 5) is 0.200. The molecule has 2 aromatic carbocycles. The summed E-state index contributed by atoms with van der Waals surface area (Å²) in [5.74, 6) is 0.763. The van der Waals surface area contributed by atoms with Crippen molar-refractivity contribution >= 4 is 21.6 Å². The smallest absolute Gasteiger partial charge is 0.240 e. The van der Waals surface area contributed by atoms with Gasteiger partial charge in [0.25, 0.3) is 0 Å². The summed E-state index contributed by atoms with van der Waals surface area (Å²) in [5.41, 5.74) is 0.242. The van der Waals surface area contributed by atoms with Gasteiger partial charge >= 0.3 is 0 Å². The Labute approximate surface area is 165 Å². The molecule has 0 aromatic heterocycles. The van der Waals surface area contributed by atoms with Crippen LogP contribution in [0.15, 0.2) is 47.4 Å². The van der Waals surface area contributed by atoms with E-state index in [9.17, 15) is 13.7 Å². The Balaban J connectivity index is 1.73. The van der Waals surface area contributed by atoms with E-state index < -0.39 is 10.0 Å². The average molecular weight is 405 g/mol. The molecule has 1 aliphatic carbocycles. The highest BCUT2D eigenvalue weighted by molar-refractivity contribution is 7.89. The molecule has 0 radical (unpaired) electrons. The molecular formula is C20H21ClN2O3S. The van der Waals surface area contributed by atoms with Crippen LogP contribution in [0.1, 0.15) is 44.1 Å². The average Bonchev–Trinajstić information content (AvgIpc) is 2.90. The Kier molecular flexibility index (Phi) is 6.38. The quantitative estimate of drug-likeness (QED) is 0.710. The van der Waals surface area contributed by atoms with E-state index in [0.717, 1.165) is 25.7 Å². The molecule has 0 heterocycles. The fraction of sp³-hybridized carbons (Fsp3) is 0.350. The number of benzene rings is 2. The Morgan fingerprint density at radius 2 is 1.70 bits per heavy atom. The predicted molar refractivity (Wildman–Crippen MR) is 104 cm³/mol. The highest BCUT2D eigenvalue weighted by Gasteiger charge is 2.21. The second-order valence-corrected chi connectivity index (χ2v) is 8.73. The lowest BCUT2D eigenvalue weighted by molar-refractivity contribution is 0.480. The number of nitrogens with zero attached hydrogens (tertiary/aromatic N) is 1. The van der Waals surface area contributed by atoms with Crippen LogP contribution in [0.4, 0.5) is 0 Å². The van der Waals surface area contributed by atoms with E-state index in [0.29, 0.717) is 16.5 Å². The topological polar surface area (TPSA) is 79.2 Å². The Morgan fingerprint density at radius 3 is 2.33 bits per heavy atom. The fourth-order valence-corrected chi connectivity index (χ4v) is 4.71. The van der Waals surface area contributed by atoms with Gasteiger partial charge in [-0.25, -0.2) is 13.1 Å². The third-order valence-corrected chi connectivity index (χ3v) is 6.48. The van der Waals surface area contributed by atoms with Crippen molar-refractivity contribution in [2.75, 3.05) is 0 Å². The molecule has 0 atom stereocenters. The predicted octanol–water partition coefficient (Wildman–Crippen LogP) is 5.01. The number of sulfonamides is 1. The van der Waals surface area contributed by atoms with Crippen molar-refractivity contribution in [1.82, 2.24) is 4.72 Å². The summed E-state index contributed by atoms with van der Waals surface area (Å²) >= 11 is 5.99. The van der Waals surface area contributed by atoms with Crippen molar-refractivity contribution in [2.45, 2.75) is 49.5 Å². The lowest BCUT2D eigenvalue weighted by Gasteiger charge is -2.16. The SMILES string of the molecule is N#Cc1c(Cl)cccc1Oc1ccc(S(=O)(=O)NC2CCCCCC2)cc1. The van der Waals surface area contributed by atoms with E-state index in [1.807, 2.05) is 6.07 Å². The van der Waals surface area contributed by atoms with Crippen LogP contribution in [0.2, 0.25) is 5.02 Å². The van der Waals surface area contributed by atoms with E-state index in [2.05, 4.69) is 4.72 Å². The number of ether oxygens (including phenoxy) is 1. The molecule has 0 aliphatic heterocycles. The van der Waals surface area contributed by atoms with Crippen molar-refractivity contribution in [2.24, 2.45) is 0 Å². The Hall–Kier alpha value is -2.07. The lowest BCUT2D eigenvalue weighted by Crippen LogP contribution is -2.34. The van der Waals surface area contributed by atoms with Gasteiger partial charge in [0.1, 0.15) is 23.1 Å². The van der Waals surface area contributed by atoms with E-state index in [4.69, 9.17) is 16.3 Å². The van der Waals surface area contributed by atoms with Gasteiger partial charge in [0, 0.05) is 6.04 Å².